The number of ketones is 1. The molecule has 7 nitrogen and oxygen atoms in total. The number of H-pyrrole nitrogens is 1. The van der Waals surface area contributed by atoms with Crippen molar-refractivity contribution < 1.29 is 14.4 Å². The van der Waals surface area contributed by atoms with Gasteiger partial charge in [0.05, 0.1) is 6.04 Å². The van der Waals surface area contributed by atoms with Gasteiger partial charge in [0.1, 0.15) is 11.8 Å². The molecule has 218 valence electrons. The van der Waals surface area contributed by atoms with Crippen molar-refractivity contribution in [1.82, 2.24) is 20.9 Å². The average molecular weight is 565 g/mol. The van der Waals surface area contributed by atoms with Crippen LogP contribution in [0, 0.1) is 0 Å². The van der Waals surface area contributed by atoms with Gasteiger partial charge in [0.2, 0.25) is 11.8 Å². The number of benzene rings is 3. The SMILES string of the molecule is CC(=O)CCCCC[C@H](NC(=O)[C@@H]1Cc2ccccc2CN1)C(=O)NCCc1c(-c2ccccc2)[nH]c2ccccc12. The van der Waals surface area contributed by atoms with E-state index in [0.717, 1.165) is 52.5 Å². The van der Waals surface area contributed by atoms with Crippen molar-refractivity contribution in [3.63, 3.8) is 0 Å². The minimum atomic E-state index is -0.634. The van der Waals surface area contributed by atoms with Gasteiger partial charge < -0.3 is 25.7 Å². The van der Waals surface area contributed by atoms with Gasteiger partial charge in [-0.25, -0.2) is 0 Å². The zero-order valence-corrected chi connectivity index (χ0v) is 24.2. The van der Waals surface area contributed by atoms with Crippen LogP contribution >= 0.6 is 0 Å². The largest absolute Gasteiger partial charge is 0.354 e. The maximum Gasteiger partial charge on any atom is 0.242 e. The van der Waals surface area contributed by atoms with Crippen molar-refractivity contribution >= 4 is 28.5 Å². The van der Waals surface area contributed by atoms with Gasteiger partial charge in [-0.1, -0.05) is 85.6 Å². The molecule has 0 aliphatic carbocycles. The number of rotatable bonds is 13. The van der Waals surface area contributed by atoms with Crippen molar-refractivity contribution in [3.05, 3.63) is 95.6 Å². The molecule has 0 radical (unpaired) electrons. The molecular weight excluding hydrogens is 524 g/mol. The van der Waals surface area contributed by atoms with Crippen molar-refractivity contribution in [3.8, 4) is 11.3 Å². The number of carbonyl (C=O) groups excluding carboxylic acids is 3. The molecule has 2 heterocycles. The van der Waals surface area contributed by atoms with E-state index >= 15 is 0 Å². The summed E-state index contributed by atoms with van der Waals surface area (Å²) in [6.07, 6.45) is 4.71. The molecular formula is C35H40N4O3. The Morgan fingerprint density at radius 1 is 0.881 bits per heavy atom. The second kappa shape index (κ2) is 14.1. The van der Waals surface area contributed by atoms with Crippen LogP contribution in [0.4, 0.5) is 0 Å². The highest BCUT2D eigenvalue weighted by Crippen LogP contribution is 2.30. The smallest absolute Gasteiger partial charge is 0.242 e. The molecule has 4 aromatic rings. The Hall–Kier alpha value is -4.23. The maximum atomic E-state index is 13.5. The Balaban J connectivity index is 1.24. The normalized spacial score (nSPS) is 15.1. The Morgan fingerprint density at radius 3 is 2.43 bits per heavy atom. The molecule has 0 bridgehead atoms. The number of para-hydroxylation sites is 1. The fraction of sp³-hybridized carbons (Fsp3) is 0.343. The van der Waals surface area contributed by atoms with E-state index in [1.54, 1.807) is 6.92 Å². The number of nitrogens with one attached hydrogen (secondary N) is 4. The lowest BCUT2D eigenvalue weighted by Gasteiger charge is -2.27. The Labute approximate surface area is 247 Å². The number of unbranched alkanes of at least 4 members (excludes halogenated alkanes) is 2. The molecule has 0 unspecified atom stereocenters. The fourth-order valence-corrected chi connectivity index (χ4v) is 5.82. The summed E-state index contributed by atoms with van der Waals surface area (Å²) >= 11 is 0. The maximum absolute atomic E-state index is 13.5. The van der Waals surface area contributed by atoms with Crippen molar-refractivity contribution in [2.75, 3.05) is 6.54 Å². The van der Waals surface area contributed by atoms with Gasteiger partial charge in [-0.15, -0.1) is 0 Å². The van der Waals surface area contributed by atoms with Crippen LogP contribution in [0.3, 0.4) is 0 Å². The number of carbonyl (C=O) groups is 3. The number of aromatic nitrogens is 1. The highest BCUT2D eigenvalue weighted by atomic mass is 16.2. The Morgan fingerprint density at radius 2 is 1.62 bits per heavy atom. The highest BCUT2D eigenvalue weighted by Gasteiger charge is 2.28. The number of Topliss-reactive ketones (excluding diaryl/α,β-unsaturated/α-hetero) is 1. The third kappa shape index (κ3) is 7.34. The number of hydrogen-bond acceptors (Lipinski definition) is 4. The molecule has 0 fully saturated rings. The van der Waals surface area contributed by atoms with Gasteiger partial charge in [0, 0.05) is 36.1 Å². The topological polar surface area (TPSA) is 103 Å². The summed E-state index contributed by atoms with van der Waals surface area (Å²) < 4.78 is 0. The van der Waals surface area contributed by atoms with Crippen molar-refractivity contribution in [2.45, 2.75) is 70.5 Å². The molecule has 7 heteroatoms. The van der Waals surface area contributed by atoms with E-state index in [1.165, 1.54) is 5.56 Å². The van der Waals surface area contributed by atoms with E-state index in [-0.39, 0.29) is 23.6 Å². The van der Waals surface area contributed by atoms with E-state index in [9.17, 15) is 14.4 Å². The predicted octanol–water partition coefficient (Wildman–Crippen LogP) is 5.23. The van der Waals surface area contributed by atoms with Crippen LogP contribution < -0.4 is 16.0 Å². The molecule has 1 aliphatic heterocycles. The van der Waals surface area contributed by atoms with Crippen LogP contribution in [-0.2, 0) is 33.8 Å². The van der Waals surface area contributed by atoms with Crippen LogP contribution in [0.2, 0.25) is 0 Å². The minimum absolute atomic E-state index is 0.156. The summed E-state index contributed by atoms with van der Waals surface area (Å²) in [5.41, 5.74) is 6.75. The molecule has 5 rings (SSSR count). The lowest BCUT2D eigenvalue weighted by Crippen LogP contribution is -2.54. The van der Waals surface area contributed by atoms with Gasteiger partial charge >= 0.3 is 0 Å². The molecule has 0 saturated heterocycles. The van der Waals surface area contributed by atoms with Gasteiger partial charge in [-0.2, -0.15) is 0 Å². The molecule has 2 amide bonds. The zero-order valence-electron chi connectivity index (χ0n) is 24.2. The quantitative estimate of drug-likeness (QED) is 0.167. The van der Waals surface area contributed by atoms with Crippen LogP contribution in [-0.4, -0.2) is 41.2 Å². The minimum Gasteiger partial charge on any atom is -0.354 e. The molecule has 2 atom stereocenters. The zero-order chi connectivity index (χ0) is 29.3. The molecule has 1 aromatic heterocycles. The number of fused-ring (bicyclic) bond motifs is 2. The van der Waals surface area contributed by atoms with Gasteiger partial charge in [0.15, 0.2) is 0 Å². The Kier molecular flexibility index (Phi) is 9.82. The standard InChI is InChI=1S/C35H40N4O3/c1-24(40)12-4-2-7-19-31(39-35(42)32-22-26-15-8-9-16-27(26)23-37-32)34(41)36-21-20-29-28-17-10-11-18-30(28)38-33(29)25-13-5-3-6-14-25/h3,5-6,8-11,13-18,31-32,37-38H,2,4,7,12,19-23H2,1H3,(H,36,41)(H,39,42)/t31-,32-/m0/s1. The van der Waals surface area contributed by atoms with E-state index in [0.29, 0.717) is 38.8 Å². The third-order valence-electron chi connectivity index (χ3n) is 8.10. The number of aromatic amines is 1. The highest BCUT2D eigenvalue weighted by molar-refractivity contribution is 5.92. The summed E-state index contributed by atoms with van der Waals surface area (Å²) in [6.45, 7) is 2.68. The summed E-state index contributed by atoms with van der Waals surface area (Å²) in [5, 5.41) is 10.6. The molecule has 4 N–H and O–H groups in total. The summed E-state index contributed by atoms with van der Waals surface area (Å²) in [5.74, 6) is -0.156. The molecule has 1 aliphatic rings. The number of amides is 2. The van der Waals surface area contributed by atoms with E-state index < -0.39 is 6.04 Å². The van der Waals surface area contributed by atoms with Crippen LogP contribution in [0.1, 0.15) is 55.7 Å². The lowest BCUT2D eigenvalue weighted by atomic mass is 9.95. The first-order valence-electron chi connectivity index (χ1n) is 15.0. The molecule has 0 saturated carbocycles. The average Bonchev–Trinajstić information content (AvgIpc) is 3.38. The summed E-state index contributed by atoms with van der Waals surface area (Å²) in [7, 11) is 0. The van der Waals surface area contributed by atoms with E-state index in [2.05, 4.69) is 57.3 Å². The lowest BCUT2D eigenvalue weighted by molar-refractivity contribution is -0.130. The van der Waals surface area contributed by atoms with Gasteiger partial charge in [-0.3, -0.25) is 9.59 Å². The summed E-state index contributed by atoms with van der Waals surface area (Å²) in [6, 6.07) is 25.6. The van der Waals surface area contributed by atoms with Crippen molar-refractivity contribution in [2.24, 2.45) is 0 Å². The monoisotopic (exact) mass is 564 g/mol. The van der Waals surface area contributed by atoms with Crippen LogP contribution in [0.15, 0.2) is 78.9 Å². The number of hydrogen-bond donors (Lipinski definition) is 4. The molecule has 0 spiro atoms. The van der Waals surface area contributed by atoms with Crippen LogP contribution in [0.5, 0.6) is 0 Å². The predicted molar refractivity (Wildman–Crippen MR) is 167 cm³/mol. The second-order valence-corrected chi connectivity index (χ2v) is 11.2. The summed E-state index contributed by atoms with van der Waals surface area (Å²) in [4.78, 5) is 41.7. The van der Waals surface area contributed by atoms with Crippen molar-refractivity contribution in [1.29, 1.82) is 0 Å². The molecule has 3 aromatic carbocycles. The molecule has 42 heavy (non-hydrogen) atoms. The van der Waals surface area contributed by atoms with Gasteiger partial charge in [0.25, 0.3) is 0 Å². The van der Waals surface area contributed by atoms with E-state index in [4.69, 9.17) is 0 Å². The first kappa shape index (κ1) is 29.3. The first-order chi connectivity index (χ1) is 20.5. The Bertz CT molecular complexity index is 1530. The second-order valence-electron chi connectivity index (χ2n) is 11.2. The van der Waals surface area contributed by atoms with Crippen LogP contribution in [0.25, 0.3) is 22.2 Å². The fourth-order valence-electron chi connectivity index (χ4n) is 5.82. The van der Waals surface area contributed by atoms with Gasteiger partial charge in [-0.05, 0) is 60.9 Å². The van der Waals surface area contributed by atoms with E-state index in [1.807, 2.05) is 42.5 Å². The first-order valence-corrected chi connectivity index (χ1v) is 15.0. The third-order valence-corrected chi connectivity index (χ3v) is 8.10.